The summed E-state index contributed by atoms with van der Waals surface area (Å²) in [6, 6.07) is 7.75. The van der Waals surface area contributed by atoms with E-state index in [0.717, 1.165) is 30.1 Å². The second-order valence-corrected chi connectivity index (χ2v) is 8.04. The molecule has 1 radical (unpaired) electrons. The molecule has 1 aromatic carbocycles. The lowest BCUT2D eigenvalue weighted by Crippen LogP contribution is -2.46. The molecule has 2 nitrogen and oxygen atoms in total. The van der Waals surface area contributed by atoms with Crippen molar-refractivity contribution in [3.8, 4) is 5.75 Å². The van der Waals surface area contributed by atoms with Crippen LogP contribution < -0.4 is 4.74 Å². The van der Waals surface area contributed by atoms with Crippen molar-refractivity contribution >= 4 is 0 Å². The molecule has 2 fully saturated rings. The third kappa shape index (κ3) is 2.33. The van der Waals surface area contributed by atoms with E-state index in [2.05, 4.69) is 32.0 Å². The molecule has 0 spiro atoms. The Hall–Kier alpha value is -1.02. The van der Waals surface area contributed by atoms with E-state index < -0.39 is 0 Å². The number of aryl methyl sites for hydroxylation is 1. The predicted octanol–water partition coefficient (Wildman–Crippen LogP) is 5.15. The van der Waals surface area contributed by atoms with Crippen molar-refractivity contribution in [1.82, 2.24) is 0 Å². The maximum Gasteiger partial charge on any atom is 0.127 e. The summed E-state index contributed by atoms with van der Waals surface area (Å²) in [5, 5.41) is 0. The van der Waals surface area contributed by atoms with Gasteiger partial charge in [0.15, 0.2) is 0 Å². The van der Waals surface area contributed by atoms with Crippen LogP contribution in [0.1, 0.15) is 69.4 Å². The Bertz CT molecular complexity index is 596. The molecule has 0 heterocycles. The number of fused-ring (bicyclic) bond motifs is 5. The van der Waals surface area contributed by atoms with Crippen LogP contribution in [0.3, 0.4) is 0 Å². The first kappa shape index (κ1) is 16.4. The summed E-state index contributed by atoms with van der Waals surface area (Å²) in [6.07, 6.45) is 9.64. The fourth-order valence-electron chi connectivity index (χ4n) is 6.47. The number of benzene rings is 1. The molecule has 0 unspecified atom stereocenters. The normalized spacial score (nSPS) is 37.5. The average molecular weight is 327 g/mol. The highest BCUT2D eigenvalue weighted by molar-refractivity contribution is 5.40. The minimum absolute atomic E-state index is 0.444. The van der Waals surface area contributed by atoms with E-state index in [-0.39, 0.29) is 0 Å². The highest BCUT2D eigenvalue weighted by Gasteiger charge is 2.56. The van der Waals surface area contributed by atoms with E-state index in [1.54, 1.807) is 12.7 Å². The highest BCUT2D eigenvalue weighted by Crippen LogP contribution is 2.63. The van der Waals surface area contributed by atoms with E-state index in [1.165, 1.54) is 50.5 Å². The molecule has 3 aliphatic rings. The molecule has 0 saturated heterocycles. The highest BCUT2D eigenvalue weighted by atomic mass is 16.5. The Morgan fingerprint density at radius 2 is 2.08 bits per heavy atom. The minimum Gasteiger partial charge on any atom is -0.496 e. The van der Waals surface area contributed by atoms with E-state index in [1.807, 2.05) is 0 Å². The first-order chi connectivity index (χ1) is 11.7. The monoisotopic (exact) mass is 327 g/mol. The molecule has 1 aromatic rings. The van der Waals surface area contributed by atoms with Gasteiger partial charge >= 0.3 is 0 Å². The van der Waals surface area contributed by atoms with Crippen LogP contribution in [0.2, 0.25) is 0 Å². The van der Waals surface area contributed by atoms with Crippen molar-refractivity contribution in [2.24, 2.45) is 17.3 Å². The van der Waals surface area contributed by atoms with Crippen LogP contribution >= 0.6 is 0 Å². The van der Waals surface area contributed by atoms with E-state index >= 15 is 0 Å². The lowest BCUT2D eigenvalue weighted by molar-refractivity contribution is -0.0735. The zero-order valence-corrected chi connectivity index (χ0v) is 15.4. The zero-order valence-electron chi connectivity index (χ0n) is 15.4. The molecule has 0 N–H and O–H groups in total. The Labute approximate surface area is 146 Å². The van der Waals surface area contributed by atoms with Crippen LogP contribution in [-0.4, -0.2) is 19.8 Å². The standard InChI is InChI=1S/C22H31O2/c1-4-22-13-12-17-18(20(22)10-11-21(22)24-5-2)9-7-15-6-8-16(23-3)14-19(15)17/h6,14,17-18,20-21H,4-5,7,9-13H2,1-3H3/t17-,18+,20-,21-,22-/m0/s1. The third-order valence-electron chi connectivity index (χ3n) is 7.51. The second kappa shape index (κ2) is 6.37. The van der Waals surface area contributed by atoms with Gasteiger partial charge in [-0.1, -0.05) is 6.92 Å². The second-order valence-electron chi connectivity index (χ2n) is 8.04. The van der Waals surface area contributed by atoms with Crippen LogP contribution in [0.4, 0.5) is 0 Å². The molecule has 131 valence electrons. The Morgan fingerprint density at radius 1 is 1.21 bits per heavy atom. The molecular weight excluding hydrogens is 296 g/mol. The molecule has 0 aliphatic heterocycles. The fourth-order valence-corrected chi connectivity index (χ4v) is 6.47. The molecule has 4 rings (SSSR count). The number of rotatable bonds is 4. The summed E-state index contributed by atoms with van der Waals surface area (Å²) in [5.74, 6) is 3.31. The van der Waals surface area contributed by atoms with Gasteiger partial charge in [-0.15, -0.1) is 0 Å². The van der Waals surface area contributed by atoms with Crippen LogP contribution in [0.5, 0.6) is 5.75 Å². The topological polar surface area (TPSA) is 18.5 Å². The predicted molar refractivity (Wildman–Crippen MR) is 96.5 cm³/mol. The Kier molecular flexibility index (Phi) is 4.36. The molecule has 3 aliphatic carbocycles. The summed E-state index contributed by atoms with van der Waals surface area (Å²) in [5.41, 5.74) is 3.52. The van der Waals surface area contributed by atoms with Crippen molar-refractivity contribution in [3.63, 3.8) is 0 Å². The van der Waals surface area contributed by atoms with Gasteiger partial charge in [-0.25, -0.2) is 0 Å². The van der Waals surface area contributed by atoms with Crippen molar-refractivity contribution in [2.75, 3.05) is 13.7 Å². The lowest BCUT2D eigenvalue weighted by atomic mass is 9.54. The quantitative estimate of drug-likeness (QED) is 0.761. The molecule has 0 bridgehead atoms. The van der Waals surface area contributed by atoms with E-state index in [9.17, 15) is 0 Å². The lowest BCUT2D eigenvalue weighted by Gasteiger charge is -2.52. The number of hydrogen-bond donors (Lipinski definition) is 0. The van der Waals surface area contributed by atoms with Gasteiger partial charge in [0.05, 0.1) is 13.2 Å². The van der Waals surface area contributed by atoms with Gasteiger partial charge in [0.2, 0.25) is 0 Å². The van der Waals surface area contributed by atoms with Crippen molar-refractivity contribution in [3.05, 3.63) is 29.3 Å². The maximum absolute atomic E-state index is 6.23. The molecule has 2 heteroatoms. The summed E-state index contributed by atoms with van der Waals surface area (Å²) >= 11 is 0. The molecule has 2 saturated carbocycles. The first-order valence-corrected chi connectivity index (χ1v) is 9.93. The summed E-state index contributed by atoms with van der Waals surface area (Å²) < 4.78 is 11.7. The van der Waals surface area contributed by atoms with Gasteiger partial charge in [-0.2, -0.15) is 0 Å². The number of ether oxygens (including phenoxy) is 2. The van der Waals surface area contributed by atoms with Gasteiger partial charge in [0, 0.05) is 12.7 Å². The van der Waals surface area contributed by atoms with Crippen LogP contribution in [0.25, 0.3) is 0 Å². The molecular formula is C22H31O2. The Morgan fingerprint density at radius 3 is 2.83 bits per heavy atom. The van der Waals surface area contributed by atoms with Gasteiger partial charge in [0.1, 0.15) is 5.75 Å². The van der Waals surface area contributed by atoms with E-state index in [4.69, 9.17) is 9.47 Å². The minimum atomic E-state index is 0.444. The van der Waals surface area contributed by atoms with Crippen LogP contribution in [-0.2, 0) is 11.2 Å². The van der Waals surface area contributed by atoms with Crippen molar-refractivity contribution in [1.29, 1.82) is 0 Å². The SMILES string of the molecule is CCO[C@H]1CC[C@H]2[C@@H]3CCc4c[c]c(OC)cc4[C@H]3CC[C@]12CC. The van der Waals surface area contributed by atoms with Gasteiger partial charge in [-0.05, 0) is 98.3 Å². The maximum atomic E-state index is 6.23. The third-order valence-corrected chi connectivity index (χ3v) is 7.51. The van der Waals surface area contributed by atoms with Crippen LogP contribution in [0, 0.1) is 23.3 Å². The largest absolute Gasteiger partial charge is 0.496 e. The van der Waals surface area contributed by atoms with Crippen molar-refractivity contribution < 1.29 is 9.47 Å². The van der Waals surface area contributed by atoms with Crippen molar-refractivity contribution in [2.45, 2.75) is 70.8 Å². The Balaban J connectivity index is 1.66. The summed E-state index contributed by atoms with van der Waals surface area (Å²) in [4.78, 5) is 0. The van der Waals surface area contributed by atoms with E-state index in [0.29, 0.717) is 11.5 Å². The molecule has 0 amide bonds. The number of hydrogen-bond acceptors (Lipinski definition) is 2. The van der Waals surface area contributed by atoms with Gasteiger partial charge in [-0.3, -0.25) is 0 Å². The first-order valence-electron chi connectivity index (χ1n) is 9.93. The van der Waals surface area contributed by atoms with Gasteiger partial charge in [0.25, 0.3) is 0 Å². The van der Waals surface area contributed by atoms with Gasteiger partial charge < -0.3 is 9.47 Å². The molecule has 5 atom stereocenters. The summed E-state index contributed by atoms with van der Waals surface area (Å²) in [6.45, 7) is 5.42. The molecule has 0 aromatic heterocycles. The molecule has 24 heavy (non-hydrogen) atoms. The van der Waals surface area contributed by atoms with Crippen LogP contribution in [0.15, 0.2) is 12.1 Å². The fraction of sp³-hybridized carbons (Fsp3) is 0.727. The average Bonchev–Trinajstić information content (AvgIpc) is 3.00. The number of methoxy groups -OCH3 is 1. The smallest absolute Gasteiger partial charge is 0.127 e. The summed E-state index contributed by atoms with van der Waals surface area (Å²) in [7, 11) is 1.76. The zero-order chi connectivity index (χ0) is 16.7.